The van der Waals surface area contributed by atoms with Gasteiger partial charge in [0.1, 0.15) is 5.76 Å². The molecule has 22 heavy (non-hydrogen) atoms. The van der Waals surface area contributed by atoms with E-state index in [2.05, 4.69) is 16.2 Å². The number of pyridine rings is 1. The third-order valence-electron chi connectivity index (χ3n) is 4.10. The molecular weight excluding hydrogens is 278 g/mol. The molecule has 0 radical (unpaired) electrons. The standard InChI is InChI=1S/C17H21N3O2/c1-12-5-3-7-15(18-12)10-14-6-4-8-20(11-14)17(21)16-9-13(2)22-19-16/h3,5,7,9,14H,4,6,8,10-11H2,1-2H3/t14-/m1/s1. The average molecular weight is 299 g/mol. The first-order chi connectivity index (χ1) is 10.6. The van der Waals surface area contributed by atoms with Crippen LogP contribution in [-0.2, 0) is 6.42 Å². The number of aromatic nitrogens is 2. The van der Waals surface area contributed by atoms with Gasteiger partial charge in [0.25, 0.3) is 5.91 Å². The number of carbonyl (C=O) groups is 1. The normalized spacial score (nSPS) is 18.5. The van der Waals surface area contributed by atoms with E-state index < -0.39 is 0 Å². The van der Waals surface area contributed by atoms with Gasteiger partial charge in [0.05, 0.1) is 0 Å². The second-order valence-corrected chi connectivity index (χ2v) is 6.06. The summed E-state index contributed by atoms with van der Waals surface area (Å²) in [4.78, 5) is 18.9. The van der Waals surface area contributed by atoms with Crippen LogP contribution in [0.2, 0.25) is 0 Å². The van der Waals surface area contributed by atoms with Crippen molar-refractivity contribution in [1.82, 2.24) is 15.0 Å². The van der Waals surface area contributed by atoms with Crippen LogP contribution in [0.3, 0.4) is 0 Å². The zero-order valence-electron chi connectivity index (χ0n) is 13.1. The molecule has 0 saturated carbocycles. The summed E-state index contributed by atoms with van der Waals surface area (Å²) in [6, 6.07) is 7.82. The van der Waals surface area contributed by atoms with Gasteiger partial charge in [-0.25, -0.2) is 0 Å². The van der Waals surface area contributed by atoms with Crippen LogP contribution in [0, 0.1) is 19.8 Å². The number of likely N-dealkylation sites (tertiary alicyclic amines) is 1. The fourth-order valence-electron chi connectivity index (χ4n) is 3.05. The number of rotatable bonds is 3. The Bertz CT molecular complexity index is 665. The lowest BCUT2D eigenvalue weighted by atomic mass is 9.93. The predicted octanol–water partition coefficient (Wildman–Crippen LogP) is 2.78. The smallest absolute Gasteiger partial charge is 0.276 e. The van der Waals surface area contributed by atoms with Crippen LogP contribution < -0.4 is 0 Å². The fourth-order valence-corrected chi connectivity index (χ4v) is 3.05. The van der Waals surface area contributed by atoms with Gasteiger partial charge in [-0.2, -0.15) is 0 Å². The Morgan fingerprint density at radius 1 is 1.41 bits per heavy atom. The van der Waals surface area contributed by atoms with Crippen molar-refractivity contribution in [3.05, 3.63) is 47.1 Å². The van der Waals surface area contributed by atoms with Gasteiger partial charge in [-0.3, -0.25) is 9.78 Å². The van der Waals surface area contributed by atoms with Crippen molar-refractivity contribution in [2.45, 2.75) is 33.1 Å². The summed E-state index contributed by atoms with van der Waals surface area (Å²) in [7, 11) is 0. The highest BCUT2D eigenvalue weighted by Gasteiger charge is 2.26. The van der Waals surface area contributed by atoms with E-state index in [4.69, 9.17) is 4.52 Å². The van der Waals surface area contributed by atoms with E-state index in [1.165, 1.54) is 0 Å². The van der Waals surface area contributed by atoms with E-state index >= 15 is 0 Å². The van der Waals surface area contributed by atoms with Crippen LogP contribution in [-0.4, -0.2) is 34.0 Å². The van der Waals surface area contributed by atoms with Gasteiger partial charge in [0, 0.05) is 30.5 Å². The van der Waals surface area contributed by atoms with Gasteiger partial charge in [0.2, 0.25) is 0 Å². The maximum absolute atomic E-state index is 12.5. The molecule has 1 aliphatic heterocycles. The van der Waals surface area contributed by atoms with Crippen LogP contribution in [0.15, 0.2) is 28.8 Å². The Balaban J connectivity index is 1.65. The Morgan fingerprint density at radius 3 is 3.00 bits per heavy atom. The van der Waals surface area contributed by atoms with Crippen molar-refractivity contribution in [3.63, 3.8) is 0 Å². The van der Waals surface area contributed by atoms with E-state index in [-0.39, 0.29) is 5.91 Å². The highest BCUT2D eigenvalue weighted by atomic mass is 16.5. The minimum absolute atomic E-state index is 0.0289. The van der Waals surface area contributed by atoms with Gasteiger partial charge >= 0.3 is 0 Å². The zero-order valence-corrected chi connectivity index (χ0v) is 13.1. The lowest BCUT2D eigenvalue weighted by molar-refractivity contribution is 0.0662. The quantitative estimate of drug-likeness (QED) is 0.874. The Kier molecular flexibility index (Phi) is 4.22. The molecule has 0 unspecified atom stereocenters. The first-order valence-corrected chi connectivity index (χ1v) is 7.77. The van der Waals surface area contributed by atoms with Crippen molar-refractivity contribution < 1.29 is 9.32 Å². The van der Waals surface area contributed by atoms with E-state index in [1.54, 1.807) is 13.0 Å². The van der Waals surface area contributed by atoms with Crippen LogP contribution in [0.1, 0.15) is 40.5 Å². The molecule has 2 aromatic heterocycles. The van der Waals surface area contributed by atoms with E-state index in [0.717, 1.165) is 43.7 Å². The molecule has 0 bridgehead atoms. The second kappa shape index (κ2) is 6.30. The topological polar surface area (TPSA) is 59.2 Å². The summed E-state index contributed by atoms with van der Waals surface area (Å²) in [5, 5.41) is 3.83. The minimum Gasteiger partial charge on any atom is -0.361 e. The monoisotopic (exact) mass is 299 g/mol. The molecule has 0 N–H and O–H groups in total. The summed E-state index contributed by atoms with van der Waals surface area (Å²) < 4.78 is 5.00. The van der Waals surface area contributed by atoms with E-state index in [1.807, 2.05) is 24.0 Å². The van der Waals surface area contributed by atoms with Crippen molar-refractivity contribution in [2.24, 2.45) is 5.92 Å². The van der Waals surface area contributed by atoms with Gasteiger partial charge in [-0.15, -0.1) is 0 Å². The predicted molar refractivity (Wildman–Crippen MR) is 82.5 cm³/mol. The first kappa shape index (κ1) is 14.8. The highest BCUT2D eigenvalue weighted by molar-refractivity contribution is 5.92. The Hall–Kier alpha value is -2.17. The Morgan fingerprint density at radius 2 is 2.27 bits per heavy atom. The number of piperidine rings is 1. The SMILES string of the molecule is Cc1cccc(C[C@H]2CCCN(C(=O)c3cc(C)on3)C2)n1. The number of hydrogen-bond acceptors (Lipinski definition) is 4. The largest absolute Gasteiger partial charge is 0.361 e. The van der Waals surface area contributed by atoms with Gasteiger partial charge in [0.15, 0.2) is 5.69 Å². The maximum atomic E-state index is 12.5. The molecular formula is C17H21N3O2. The summed E-state index contributed by atoms with van der Waals surface area (Å²) in [5.41, 5.74) is 2.56. The van der Waals surface area contributed by atoms with Crippen LogP contribution in [0.25, 0.3) is 0 Å². The highest BCUT2D eigenvalue weighted by Crippen LogP contribution is 2.21. The molecule has 0 spiro atoms. The number of nitrogens with zero attached hydrogens (tertiary/aromatic N) is 3. The summed E-state index contributed by atoms with van der Waals surface area (Å²) in [6.07, 6.45) is 3.08. The molecule has 1 atom stereocenters. The molecule has 1 saturated heterocycles. The third-order valence-corrected chi connectivity index (χ3v) is 4.10. The van der Waals surface area contributed by atoms with Gasteiger partial charge in [-0.05, 0) is 51.2 Å². The van der Waals surface area contributed by atoms with Crippen molar-refractivity contribution in [2.75, 3.05) is 13.1 Å². The molecule has 5 heteroatoms. The average Bonchev–Trinajstić information content (AvgIpc) is 2.93. The molecule has 3 rings (SSSR count). The van der Waals surface area contributed by atoms with Crippen molar-refractivity contribution >= 4 is 5.91 Å². The van der Waals surface area contributed by atoms with Crippen molar-refractivity contribution in [3.8, 4) is 0 Å². The van der Waals surface area contributed by atoms with Gasteiger partial charge < -0.3 is 9.42 Å². The third kappa shape index (κ3) is 3.35. The molecule has 0 aromatic carbocycles. The molecule has 1 amide bonds. The molecule has 2 aromatic rings. The molecule has 116 valence electrons. The second-order valence-electron chi connectivity index (χ2n) is 6.06. The van der Waals surface area contributed by atoms with E-state index in [0.29, 0.717) is 17.4 Å². The number of aryl methyl sites for hydroxylation is 2. The fraction of sp³-hybridized carbons (Fsp3) is 0.471. The number of hydrogen-bond donors (Lipinski definition) is 0. The lowest BCUT2D eigenvalue weighted by Crippen LogP contribution is -2.40. The van der Waals surface area contributed by atoms with E-state index in [9.17, 15) is 4.79 Å². The van der Waals surface area contributed by atoms with Gasteiger partial charge in [-0.1, -0.05) is 11.2 Å². The molecule has 3 heterocycles. The maximum Gasteiger partial charge on any atom is 0.276 e. The van der Waals surface area contributed by atoms with Crippen LogP contribution in [0.5, 0.6) is 0 Å². The first-order valence-electron chi connectivity index (χ1n) is 7.77. The molecule has 1 aliphatic rings. The lowest BCUT2D eigenvalue weighted by Gasteiger charge is -2.32. The summed E-state index contributed by atoms with van der Waals surface area (Å²) in [6.45, 7) is 5.36. The number of carbonyl (C=O) groups excluding carboxylic acids is 1. The zero-order chi connectivity index (χ0) is 15.5. The van der Waals surface area contributed by atoms with Crippen LogP contribution >= 0.6 is 0 Å². The van der Waals surface area contributed by atoms with Crippen molar-refractivity contribution in [1.29, 1.82) is 0 Å². The Labute approximate surface area is 130 Å². The van der Waals surface area contributed by atoms with Crippen LogP contribution in [0.4, 0.5) is 0 Å². The number of amides is 1. The summed E-state index contributed by atoms with van der Waals surface area (Å²) in [5.74, 6) is 1.10. The summed E-state index contributed by atoms with van der Waals surface area (Å²) >= 11 is 0. The molecule has 5 nitrogen and oxygen atoms in total. The minimum atomic E-state index is -0.0289. The molecule has 1 fully saturated rings. The molecule has 0 aliphatic carbocycles.